The standard InChI is InChI=1S/C15H20N4O4/c1-21-11-3-4-12(22-2)15-9(11)6-19(7-10(15)20)8-13-17-14(5-16)23-18-13/h3-4,10,20H,5-8,16H2,1-2H3. The van der Waals surface area contributed by atoms with E-state index in [1.54, 1.807) is 14.2 Å². The first-order chi connectivity index (χ1) is 11.2. The molecule has 3 N–H and O–H groups in total. The Kier molecular flexibility index (Phi) is 4.46. The van der Waals surface area contributed by atoms with Crippen LogP contribution in [0.1, 0.15) is 28.9 Å². The lowest BCUT2D eigenvalue weighted by molar-refractivity contribution is 0.0823. The average Bonchev–Trinajstić information content (AvgIpc) is 3.01. The lowest BCUT2D eigenvalue weighted by Gasteiger charge is -2.33. The van der Waals surface area contributed by atoms with E-state index in [-0.39, 0.29) is 6.54 Å². The fraction of sp³-hybridized carbons (Fsp3) is 0.467. The predicted octanol–water partition coefficient (Wildman–Crippen LogP) is 0.595. The van der Waals surface area contributed by atoms with E-state index in [9.17, 15) is 5.11 Å². The van der Waals surface area contributed by atoms with Crippen molar-refractivity contribution in [3.05, 3.63) is 35.0 Å². The van der Waals surface area contributed by atoms with E-state index in [0.717, 1.165) is 16.9 Å². The minimum atomic E-state index is -0.676. The quantitative estimate of drug-likeness (QED) is 0.824. The molecule has 0 amide bonds. The van der Waals surface area contributed by atoms with E-state index in [1.165, 1.54) is 0 Å². The first kappa shape index (κ1) is 15.7. The van der Waals surface area contributed by atoms with Crippen molar-refractivity contribution in [2.45, 2.75) is 25.7 Å². The summed E-state index contributed by atoms with van der Waals surface area (Å²) in [5.41, 5.74) is 7.16. The number of nitrogens with two attached hydrogens (primary N) is 1. The average molecular weight is 320 g/mol. The van der Waals surface area contributed by atoms with Crippen molar-refractivity contribution >= 4 is 0 Å². The highest BCUT2D eigenvalue weighted by Gasteiger charge is 2.30. The number of aliphatic hydroxyl groups is 1. The maximum absolute atomic E-state index is 10.5. The third kappa shape index (κ3) is 3.00. The lowest BCUT2D eigenvalue weighted by Crippen LogP contribution is -2.34. The van der Waals surface area contributed by atoms with Crippen molar-refractivity contribution in [1.29, 1.82) is 0 Å². The van der Waals surface area contributed by atoms with Crippen LogP contribution < -0.4 is 15.2 Å². The van der Waals surface area contributed by atoms with Gasteiger partial charge in [0.15, 0.2) is 5.82 Å². The summed E-state index contributed by atoms with van der Waals surface area (Å²) in [5.74, 6) is 2.33. The summed E-state index contributed by atoms with van der Waals surface area (Å²) in [4.78, 5) is 6.23. The first-order valence-corrected chi connectivity index (χ1v) is 7.32. The first-order valence-electron chi connectivity index (χ1n) is 7.32. The molecule has 0 saturated heterocycles. The predicted molar refractivity (Wildman–Crippen MR) is 80.8 cm³/mol. The number of β-amino-alcohol motifs (C(OH)–C–C–N with tert-alkyl or cyclic N) is 1. The summed E-state index contributed by atoms with van der Waals surface area (Å²) in [7, 11) is 3.20. The van der Waals surface area contributed by atoms with E-state index in [0.29, 0.717) is 37.1 Å². The van der Waals surface area contributed by atoms with E-state index >= 15 is 0 Å². The van der Waals surface area contributed by atoms with Gasteiger partial charge in [-0.3, -0.25) is 4.90 Å². The van der Waals surface area contributed by atoms with Gasteiger partial charge in [0.2, 0.25) is 5.89 Å². The highest BCUT2D eigenvalue weighted by atomic mass is 16.5. The smallest absolute Gasteiger partial charge is 0.240 e. The highest BCUT2D eigenvalue weighted by Crippen LogP contribution is 2.39. The largest absolute Gasteiger partial charge is 0.496 e. The van der Waals surface area contributed by atoms with Crippen LogP contribution in [0.15, 0.2) is 16.7 Å². The second-order valence-corrected chi connectivity index (χ2v) is 5.36. The van der Waals surface area contributed by atoms with Crippen molar-refractivity contribution in [3.63, 3.8) is 0 Å². The molecule has 1 aliphatic rings. The van der Waals surface area contributed by atoms with Crippen molar-refractivity contribution in [2.75, 3.05) is 20.8 Å². The topological polar surface area (TPSA) is 107 Å². The van der Waals surface area contributed by atoms with Gasteiger partial charge < -0.3 is 24.8 Å². The number of methoxy groups -OCH3 is 2. The normalized spacial score (nSPS) is 17.8. The maximum atomic E-state index is 10.5. The Hall–Kier alpha value is -2.16. The number of fused-ring (bicyclic) bond motifs is 1. The second kappa shape index (κ2) is 6.53. The van der Waals surface area contributed by atoms with Gasteiger partial charge in [-0.2, -0.15) is 4.98 Å². The molecule has 23 heavy (non-hydrogen) atoms. The van der Waals surface area contributed by atoms with Crippen LogP contribution in [0.4, 0.5) is 0 Å². The van der Waals surface area contributed by atoms with E-state index in [2.05, 4.69) is 10.1 Å². The van der Waals surface area contributed by atoms with Gasteiger partial charge in [-0.05, 0) is 12.1 Å². The number of hydrogen-bond acceptors (Lipinski definition) is 8. The van der Waals surface area contributed by atoms with Gasteiger partial charge in [-0.15, -0.1) is 0 Å². The Bertz CT molecular complexity index is 688. The van der Waals surface area contributed by atoms with Crippen molar-refractivity contribution in [1.82, 2.24) is 15.0 Å². The maximum Gasteiger partial charge on any atom is 0.240 e. The van der Waals surface area contributed by atoms with Gasteiger partial charge in [0.25, 0.3) is 0 Å². The number of nitrogens with zero attached hydrogens (tertiary/aromatic N) is 3. The summed E-state index contributed by atoms with van der Waals surface area (Å²) < 4.78 is 15.8. The third-order valence-electron chi connectivity index (χ3n) is 3.91. The number of benzene rings is 1. The molecule has 1 unspecified atom stereocenters. The summed E-state index contributed by atoms with van der Waals surface area (Å²) >= 11 is 0. The SMILES string of the molecule is COc1ccc(OC)c2c1CN(Cc1noc(CN)n1)CC2O. The Morgan fingerprint density at radius 3 is 2.74 bits per heavy atom. The van der Waals surface area contributed by atoms with Crippen LogP contribution in [0.2, 0.25) is 0 Å². The summed E-state index contributed by atoms with van der Waals surface area (Å²) in [6, 6.07) is 3.65. The molecule has 8 nitrogen and oxygen atoms in total. The van der Waals surface area contributed by atoms with Gasteiger partial charge in [0, 0.05) is 24.2 Å². The van der Waals surface area contributed by atoms with Crippen molar-refractivity contribution in [2.24, 2.45) is 5.73 Å². The zero-order chi connectivity index (χ0) is 16.4. The molecule has 0 bridgehead atoms. The fourth-order valence-electron chi connectivity index (χ4n) is 2.90. The third-order valence-corrected chi connectivity index (χ3v) is 3.91. The molecule has 0 aliphatic carbocycles. The lowest BCUT2D eigenvalue weighted by atomic mass is 9.95. The van der Waals surface area contributed by atoms with Crippen LogP contribution >= 0.6 is 0 Å². The number of aliphatic hydroxyl groups excluding tert-OH is 1. The molecule has 2 heterocycles. The highest BCUT2D eigenvalue weighted by molar-refractivity contribution is 5.51. The van der Waals surface area contributed by atoms with E-state index in [1.807, 2.05) is 17.0 Å². The summed E-state index contributed by atoms with van der Waals surface area (Å²) in [6.45, 7) is 1.71. The van der Waals surface area contributed by atoms with Crippen LogP contribution in [0.25, 0.3) is 0 Å². The van der Waals surface area contributed by atoms with E-state index < -0.39 is 6.10 Å². The van der Waals surface area contributed by atoms with Crippen molar-refractivity contribution in [3.8, 4) is 11.5 Å². The number of ether oxygens (including phenoxy) is 2. The van der Waals surface area contributed by atoms with Gasteiger partial charge >= 0.3 is 0 Å². The molecule has 0 spiro atoms. The van der Waals surface area contributed by atoms with Gasteiger partial charge in [0.1, 0.15) is 11.5 Å². The molecule has 1 aromatic carbocycles. The molecule has 0 fully saturated rings. The van der Waals surface area contributed by atoms with Crippen molar-refractivity contribution < 1.29 is 19.1 Å². The Balaban J connectivity index is 1.87. The van der Waals surface area contributed by atoms with Crippen LogP contribution in [-0.2, 0) is 19.6 Å². The van der Waals surface area contributed by atoms with Crippen LogP contribution in [0.5, 0.6) is 11.5 Å². The van der Waals surface area contributed by atoms with Crippen LogP contribution in [0.3, 0.4) is 0 Å². The fourth-order valence-corrected chi connectivity index (χ4v) is 2.90. The molecule has 124 valence electrons. The minimum absolute atomic E-state index is 0.212. The number of hydrogen-bond donors (Lipinski definition) is 2. The minimum Gasteiger partial charge on any atom is -0.496 e. The molecule has 3 rings (SSSR count). The molecule has 1 atom stereocenters. The van der Waals surface area contributed by atoms with Gasteiger partial charge in [0.05, 0.1) is 33.4 Å². The molecule has 0 saturated carbocycles. The number of rotatable bonds is 5. The zero-order valence-corrected chi connectivity index (χ0v) is 13.2. The van der Waals surface area contributed by atoms with Crippen LogP contribution in [-0.4, -0.2) is 40.9 Å². The molecular formula is C15H20N4O4. The Morgan fingerprint density at radius 2 is 2.09 bits per heavy atom. The Morgan fingerprint density at radius 1 is 1.35 bits per heavy atom. The molecule has 1 aliphatic heterocycles. The summed E-state index contributed by atoms with van der Waals surface area (Å²) in [5, 5.41) is 14.4. The van der Waals surface area contributed by atoms with Gasteiger partial charge in [-0.1, -0.05) is 5.16 Å². The monoisotopic (exact) mass is 320 g/mol. The summed E-state index contributed by atoms with van der Waals surface area (Å²) in [6.07, 6.45) is -0.676. The molecule has 1 aromatic heterocycles. The molecule has 8 heteroatoms. The zero-order valence-electron chi connectivity index (χ0n) is 13.2. The Labute approximate surface area is 133 Å². The molecular weight excluding hydrogens is 300 g/mol. The second-order valence-electron chi connectivity index (χ2n) is 5.36. The molecule has 0 radical (unpaired) electrons. The van der Waals surface area contributed by atoms with E-state index in [4.69, 9.17) is 19.7 Å². The number of aromatic nitrogens is 2. The van der Waals surface area contributed by atoms with Crippen LogP contribution in [0, 0.1) is 0 Å². The molecule has 2 aromatic rings. The van der Waals surface area contributed by atoms with Gasteiger partial charge in [-0.25, -0.2) is 0 Å².